The molecule has 0 atom stereocenters. The highest BCUT2D eigenvalue weighted by molar-refractivity contribution is 9.10. The lowest BCUT2D eigenvalue weighted by molar-refractivity contribution is -0.385. The van der Waals surface area contributed by atoms with Crippen molar-refractivity contribution in [3.63, 3.8) is 0 Å². The van der Waals surface area contributed by atoms with Crippen LogP contribution in [0, 0.1) is 17.0 Å². The van der Waals surface area contributed by atoms with E-state index in [4.69, 9.17) is 0 Å². The van der Waals surface area contributed by atoms with Crippen molar-refractivity contribution >= 4 is 27.3 Å². The van der Waals surface area contributed by atoms with Crippen LogP contribution in [-0.2, 0) is 0 Å². The second kappa shape index (κ2) is 3.74. The van der Waals surface area contributed by atoms with Crippen LogP contribution in [0.15, 0.2) is 16.6 Å². The van der Waals surface area contributed by atoms with Crippen molar-refractivity contribution in [2.75, 3.05) is 12.4 Å². The summed E-state index contributed by atoms with van der Waals surface area (Å²) >= 11 is 3.19. The molecule has 0 amide bonds. The zero-order valence-electron chi connectivity index (χ0n) is 7.30. The largest absolute Gasteiger partial charge is 0.387 e. The second-order valence-corrected chi connectivity index (χ2v) is 3.39. The molecule has 70 valence electrons. The fourth-order valence-electron chi connectivity index (χ4n) is 1.11. The lowest BCUT2D eigenvalue weighted by atomic mass is 10.2. The van der Waals surface area contributed by atoms with Crippen LogP contribution in [0.3, 0.4) is 0 Å². The number of aryl methyl sites for hydroxylation is 1. The summed E-state index contributed by atoms with van der Waals surface area (Å²) in [7, 11) is 1.73. The van der Waals surface area contributed by atoms with Gasteiger partial charge < -0.3 is 5.32 Å². The van der Waals surface area contributed by atoms with E-state index in [-0.39, 0.29) is 5.69 Å². The number of halogens is 1. The SMILES string of the molecule is CNc1c(C)ccc([N+](=O)[O-])c1Br. The van der Waals surface area contributed by atoms with Crippen LogP contribution in [0.2, 0.25) is 0 Å². The Bertz CT molecular complexity index is 352. The first-order valence-corrected chi connectivity index (χ1v) is 4.48. The van der Waals surface area contributed by atoms with Gasteiger partial charge in [0.1, 0.15) is 4.47 Å². The maximum absolute atomic E-state index is 10.5. The topological polar surface area (TPSA) is 55.2 Å². The molecule has 0 spiro atoms. The van der Waals surface area contributed by atoms with Gasteiger partial charge in [0.05, 0.1) is 10.6 Å². The number of rotatable bonds is 2. The van der Waals surface area contributed by atoms with E-state index >= 15 is 0 Å². The molecular weight excluding hydrogens is 236 g/mol. The molecular formula is C8H9BrN2O2. The number of nitrogens with one attached hydrogen (secondary N) is 1. The Hall–Kier alpha value is -1.10. The number of nitro groups is 1. The maximum Gasteiger partial charge on any atom is 0.285 e. The first-order chi connectivity index (χ1) is 6.07. The Balaban J connectivity index is 3.35. The number of hydrogen-bond acceptors (Lipinski definition) is 3. The summed E-state index contributed by atoms with van der Waals surface area (Å²) in [6.45, 7) is 1.89. The maximum atomic E-state index is 10.5. The van der Waals surface area contributed by atoms with E-state index in [9.17, 15) is 10.1 Å². The Morgan fingerprint density at radius 3 is 2.62 bits per heavy atom. The smallest absolute Gasteiger partial charge is 0.285 e. The molecule has 0 saturated heterocycles. The molecule has 0 bridgehead atoms. The standard InChI is InChI=1S/C8H9BrN2O2/c1-5-3-4-6(11(12)13)7(9)8(5)10-2/h3-4,10H,1-2H3. The molecule has 5 heteroatoms. The van der Waals surface area contributed by atoms with Crippen LogP contribution < -0.4 is 5.32 Å². The fraction of sp³-hybridized carbons (Fsp3) is 0.250. The Labute approximate surface area is 84.2 Å². The van der Waals surface area contributed by atoms with Gasteiger partial charge in [-0.2, -0.15) is 0 Å². The molecule has 1 N–H and O–H groups in total. The minimum Gasteiger partial charge on any atom is -0.387 e. The predicted molar refractivity (Wildman–Crippen MR) is 55.1 cm³/mol. The second-order valence-electron chi connectivity index (χ2n) is 2.60. The van der Waals surface area contributed by atoms with Crippen LogP contribution in [-0.4, -0.2) is 12.0 Å². The van der Waals surface area contributed by atoms with E-state index in [1.807, 2.05) is 6.92 Å². The van der Waals surface area contributed by atoms with Crippen molar-refractivity contribution in [2.24, 2.45) is 0 Å². The Morgan fingerprint density at radius 2 is 2.15 bits per heavy atom. The van der Waals surface area contributed by atoms with Crippen LogP contribution in [0.1, 0.15) is 5.56 Å². The van der Waals surface area contributed by atoms with Gasteiger partial charge in [-0.1, -0.05) is 6.07 Å². The summed E-state index contributed by atoms with van der Waals surface area (Å²) in [5.74, 6) is 0. The number of benzene rings is 1. The first kappa shape index (κ1) is 9.98. The summed E-state index contributed by atoms with van der Waals surface area (Å²) in [4.78, 5) is 10.1. The van der Waals surface area contributed by atoms with Gasteiger partial charge >= 0.3 is 0 Å². The zero-order valence-corrected chi connectivity index (χ0v) is 8.88. The number of nitro benzene ring substituents is 1. The van der Waals surface area contributed by atoms with Gasteiger partial charge in [-0.3, -0.25) is 10.1 Å². The molecule has 0 unspecified atom stereocenters. The molecule has 1 rings (SSSR count). The zero-order chi connectivity index (χ0) is 10.0. The minimum atomic E-state index is -0.412. The average molecular weight is 245 g/mol. The number of nitrogens with zero attached hydrogens (tertiary/aromatic N) is 1. The van der Waals surface area contributed by atoms with Crippen LogP contribution >= 0.6 is 15.9 Å². The molecule has 0 saturated carbocycles. The summed E-state index contributed by atoms with van der Waals surface area (Å²) in [5, 5.41) is 13.5. The molecule has 0 aliphatic rings. The minimum absolute atomic E-state index is 0.0787. The van der Waals surface area contributed by atoms with E-state index in [1.165, 1.54) is 6.07 Å². The highest BCUT2D eigenvalue weighted by Crippen LogP contribution is 2.34. The predicted octanol–water partition coefficient (Wildman–Crippen LogP) is 2.71. The summed E-state index contributed by atoms with van der Waals surface area (Å²) in [6.07, 6.45) is 0. The van der Waals surface area contributed by atoms with Gasteiger partial charge in [-0.05, 0) is 28.4 Å². The van der Waals surface area contributed by atoms with E-state index < -0.39 is 4.92 Å². The van der Waals surface area contributed by atoms with E-state index in [0.717, 1.165) is 11.3 Å². The molecule has 0 aliphatic heterocycles. The molecule has 0 heterocycles. The third-order valence-corrected chi connectivity index (χ3v) is 2.58. The van der Waals surface area contributed by atoms with Gasteiger partial charge in [-0.15, -0.1) is 0 Å². The normalized spacial score (nSPS) is 9.77. The molecule has 0 fully saturated rings. The number of hydrogen-bond donors (Lipinski definition) is 1. The van der Waals surface area contributed by atoms with Crippen LogP contribution in [0.25, 0.3) is 0 Å². The van der Waals surface area contributed by atoms with Gasteiger partial charge in [0, 0.05) is 13.1 Å². The highest BCUT2D eigenvalue weighted by atomic mass is 79.9. The monoisotopic (exact) mass is 244 g/mol. The van der Waals surface area contributed by atoms with Crippen LogP contribution in [0.4, 0.5) is 11.4 Å². The van der Waals surface area contributed by atoms with Crippen molar-refractivity contribution in [1.29, 1.82) is 0 Å². The fourth-order valence-corrected chi connectivity index (χ4v) is 1.90. The Morgan fingerprint density at radius 1 is 1.54 bits per heavy atom. The van der Waals surface area contributed by atoms with Gasteiger partial charge in [0.25, 0.3) is 5.69 Å². The van der Waals surface area contributed by atoms with E-state index in [0.29, 0.717) is 4.47 Å². The van der Waals surface area contributed by atoms with Crippen molar-refractivity contribution in [2.45, 2.75) is 6.92 Å². The Kier molecular flexibility index (Phi) is 2.87. The molecule has 1 aromatic carbocycles. The van der Waals surface area contributed by atoms with Crippen molar-refractivity contribution in [3.8, 4) is 0 Å². The lowest BCUT2D eigenvalue weighted by Gasteiger charge is -2.07. The lowest BCUT2D eigenvalue weighted by Crippen LogP contribution is -1.97. The van der Waals surface area contributed by atoms with Gasteiger partial charge in [0.15, 0.2) is 0 Å². The van der Waals surface area contributed by atoms with Crippen molar-refractivity contribution < 1.29 is 4.92 Å². The summed E-state index contributed by atoms with van der Waals surface area (Å²) in [5.41, 5.74) is 1.81. The first-order valence-electron chi connectivity index (χ1n) is 3.69. The molecule has 0 aliphatic carbocycles. The number of anilines is 1. The van der Waals surface area contributed by atoms with Gasteiger partial charge in [0.2, 0.25) is 0 Å². The van der Waals surface area contributed by atoms with E-state index in [1.54, 1.807) is 13.1 Å². The van der Waals surface area contributed by atoms with Gasteiger partial charge in [-0.25, -0.2) is 0 Å². The summed E-state index contributed by atoms with van der Waals surface area (Å²) in [6, 6.07) is 3.20. The average Bonchev–Trinajstić information content (AvgIpc) is 2.04. The summed E-state index contributed by atoms with van der Waals surface area (Å²) < 4.78 is 0.500. The molecule has 13 heavy (non-hydrogen) atoms. The molecule has 4 nitrogen and oxygen atoms in total. The van der Waals surface area contributed by atoms with E-state index in [2.05, 4.69) is 21.2 Å². The highest BCUT2D eigenvalue weighted by Gasteiger charge is 2.15. The van der Waals surface area contributed by atoms with Crippen molar-refractivity contribution in [3.05, 3.63) is 32.3 Å². The third kappa shape index (κ3) is 1.80. The molecule has 0 aromatic heterocycles. The molecule has 0 radical (unpaired) electrons. The quantitative estimate of drug-likeness (QED) is 0.643. The third-order valence-electron chi connectivity index (χ3n) is 1.78. The molecule has 1 aromatic rings. The van der Waals surface area contributed by atoms with Crippen LogP contribution in [0.5, 0.6) is 0 Å². The van der Waals surface area contributed by atoms with Crippen molar-refractivity contribution in [1.82, 2.24) is 0 Å².